The summed E-state index contributed by atoms with van der Waals surface area (Å²) in [6.07, 6.45) is 0.493. The highest BCUT2D eigenvalue weighted by molar-refractivity contribution is 5.80. The lowest BCUT2D eigenvalue weighted by molar-refractivity contribution is -0.384. The molecule has 0 atom stereocenters. The number of ether oxygens (including phenoxy) is 3. The third kappa shape index (κ3) is 5.84. The summed E-state index contributed by atoms with van der Waals surface area (Å²) in [5.41, 5.74) is 1.19. The van der Waals surface area contributed by atoms with E-state index >= 15 is 0 Å². The number of hydrogen-bond donors (Lipinski definition) is 2. The van der Waals surface area contributed by atoms with E-state index in [0.29, 0.717) is 30.2 Å². The molecule has 1 aliphatic rings. The Hall–Kier alpha value is -3.82. The van der Waals surface area contributed by atoms with Gasteiger partial charge in [-0.2, -0.15) is 0 Å². The second-order valence-electron chi connectivity index (χ2n) is 6.43. The summed E-state index contributed by atoms with van der Waals surface area (Å²) in [5.74, 6) is 0.356. The van der Waals surface area contributed by atoms with Crippen molar-refractivity contribution in [2.24, 2.45) is 0 Å². The minimum absolute atomic E-state index is 0.0285. The van der Waals surface area contributed by atoms with Crippen LogP contribution in [0.3, 0.4) is 0 Å². The molecule has 0 saturated carbocycles. The molecule has 1 aliphatic heterocycles. The first-order valence-electron chi connectivity index (χ1n) is 9.31. The Morgan fingerprint density at radius 2 is 1.93 bits per heavy atom. The quantitative estimate of drug-likeness (QED) is 0.262. The van der Waals surface area contributed by atoms with Crippen molar-refractivity contribution in [2.75, 3.05) is 25.3 Å². The lowest BCUT2D eigenvalue weighted by Gasteiger charge is -2.08. The van der Waals surface area contributed by atoms with Crippen molar-refractivity contribution in [1.29, 1.82) is 0 Å². The fraction of sp³-hybridized carbons (Fsp3) is 0.300. The highest BCUT2D eigenvalue weighted by Gasteiger charge is 2.14. The van der Waals surface area contributed by atoms with E-state index in [1.807, 2.05) is 6.07 Å². The maximum Gasteiger partial charge on any atom is 0.306 e. The highest BCUT2D eigenvalue weighted by Crippen LogP contribution is 2.32. The molecule has 30 heavy (non-hydrogen) atoms. The van der Waals surface area contributed by atoms with E-state index in [9.17, 15) is 19.7 Å². The van der Waals surface area contributed by atoms with Gasteiger partial charge in [-0.25, -0.2) is 0 Å². The zero-order valence-electron chi connectivity index (χ0n) is 16.1. The van der Waals surface area contributed by atoms with Crippen molar-refractivity contribution >= 4 is 23.3 Å². The fourth-order valence-corrected chi connectivity index (χ4v) is 2.76. The van der Waals surface area contributed by atoms with Crippen LogP contribution in [0.4, 0.5) is 11.4 Å². The van der Waals surface area contributed by atoms with Crippen LogP contribution in [0, 0.1) is 10.1 Å². The second-order valence-corrected chi connectivity index (χ2v) is 6.43. The normalized spacial score (nSPS) is 11.6. The Balaban J connectivity index is 1.31. The van der Waals surface area contributed by atoms with E-state index in [1.165, 1.54) is 6.07 Å². The predicted molar refractivity (Wildman–Crippen MR) is 106 cm³/mol. The number of carbonyl (C=O) groups is 2. The largest absolute Gasteiger partial charge is 0.456 e. The van der Waals surface area contributed by atoms with Gasteiger partial charge in [-0.1, -0.05) is 18.2 Å². The maximum atomic E-state index is 11.9. The fourth-order valence-electron chi connectivity index (χ4n) is 2.76. The number of rotatable bonds is 10. The molecule has 0 spiro atoms. The van der Waals surface area contributed by atoms with Gasteiger partial charge in [-0.3, -0.25) is 19.7 Å². The monoisotopic (exact) mass is 415 g/mol. The second kappa shape index (κ2) is 10.1. The summed E-state index contributed by atoms with van der Waals surface area (Å²) in [6, 6.07) is 11.6. The van der Waals surface area contributed by atoms with Crippen molar-refractivity contribution in [3.8, 4) is 11.5 Å². The Kier molecular flexibility index (Phi) is 7.04. The number of esters is 1. The number of nitro benzene ring substituents is 1. The molecule has 0 unspecified atom stereocenters. The summed E-state index contributed by atoms with van der Waals surface area (Å²) in [6.45, 7) is 0.433. The van der Waals surface area contributed by atoms with Gasteiger partial charge in [0.05, 0.1) is 4.92 Å². The molecular formula is C20H21N3O7. The van der Waals surface area contributed by atoms with Crippen molar-refractivity contribution in [3.63, 3.8) is 0 Å². The van der Waals surface area contributed by atoms with Crippen LogP contribution in [-0.2, 0) is 20.9 Å². The highest BCUT2D eigenvalue weighted by atomic mass is 16.7. The molecule has 3 rings (SSSR count). The van der Waals surface area contributed by atoms with Gasteiger partial charge in [0.2, 0.25) is 6.79 Å². The van der Waals surface area contributed by atoms with E-state index < -0.39 is 16.8 Å². The molecule has 0 bridgehead atoms. The summed E-state index contributed by atoms with van der Waals surface area (Å²) in [4.78, 5) is 34.1. The summed E-state index contributed by atoms with van der Waals surface area (Å²) in [7, 11) is 0. The third-order valence-electron chi connectivity index (χ3n) is 4.26. The maximum absolute atomic E-state index is 11.9. The van der Waals surface area contributed by atoms with Gasteiger partial charge in [0.15, 0.2) is 18.1 Å². The molecule has 2 N–H and O–H groups in total. The van der Waals surface area contributed by atoms with Crippen molar-refractivity contribution < 1.29 is 28.7 Å². The number of amides is 1. The molecule has 0 saturated heterocycles. The number of benzene rings is 2. The molecule has 1 amide bonds. The van der Waals surface area contributed by atoms with Crippen LogP contribution in [0.1, 0.15) is 18.4 Å². The summed E-state index contributed by atoms with van der Waals surface area (Å²) in [5, 5.41) is 16.5. The zero-order valence-corrected chi connectivity index (χ0v) is 16.1. The summed E-state index contributed by atoms with van der Waals surface area (Å²) >= 11 is 0. The van der Waals surface area contributed by atoms with Crippen LogP contribution >= 0.6 is 0 Å². The topological polar surface area (TPSA) is 129 Å². The van der Waals surface area contributed by atoms with E-state index in [0.717, 1.165) is 5.56 Å². The molecule has 158 valence electrons. The van der Waals surface area contributed by atoms with Crippen LogP contribution in [0.2, 0.25) is 0 Å². The number of carbonyl (C=O) groups excluding carboxylic acids is 2. The Morgan fingerprint density at radius 3 is 2.77 bits per heavy atom. The van der Waals surface area contributed by atoms with Crippen LogP contribution in [0.25, 0.3) is 0 Å². The Bertz CT molecular complexity index is 932. The minimum atomic E-state index is -0.516. The number of para-hydroxylation sites is 2. The van der Waals surface area contributed by atoms with E-state index in [4.69, 9.17) is 14.2 Å². The van der Waals surface area contributed by atoms with E-state index in [2.05, 4.69) is 10.6 Å². The Morgan fingerprint density at radius 1 is 1.13 bits per heavy atom. The number of anilines is 1. The molecule has 0 fully saturated rings. The van der Waals surface area contributed by atoms with Gasteiger partial charge in [0.1, 0.15) is 5.69 Å². The van der Waals surface area contributed by atoms with Gasteiger partial charge >= 0.3 is 5.97 Å². The number of fused-ring (bicyclic) bond motifs is 1. The first-order chi connectivity index (χ1) is 14.5. The van der Waals surface area contributed by atoms with Crippen LogP contribution in [-0.4, -0.2) is 36.7 Å². The van der Waals surface area contributed by atoms with Gasteiger partial charge < -0.3 is 24.8 Å². The SMILES string of the molecule is O=C(COC(=O)CCCNc1ccccc1[N+](=O)[O-])NCc1ccc2c(c1)OCO2. The lowest BCUT2D eigenvalue weighted by atomic mass is 10.2. The van der Waals surface area contributed by atoms with Gasteiger partial charge in [0, 0.05) is 25.6 Å². The van der Waals surface area contributed by atoms with Crippen molar-refractivity contribution in [3.05, 3.63) is 58.1 Å². The molecule has 0 aliphatic carbocycles. The standard InChI is InChI=1S/C20H21N3O7/c24-19(22-11-14-7-8-17-18(10-14)30-13-29-17)12-28-20(25)6-3-9-21-15-4-1-2-5-16(15)23(26)27/h1-2,4-5,7-8,10,21H,3,6,9,11-13H2,(H,22,24). The van der Waals surface area contributed by atoms with Crippen molar-refractivity contribution in [1.82, 2.24) is 5.32 Å². The average molecular weight is 415 g/mol. The minimum Gasteiger partial charge on any atom is -0.456 e. The van der Waals surface area contributed by atoms with Gasteiger partial charge in [-0.15, -0.1) is 0 Å². The average Bonchev–Trinajstić information content (AvgIpc) is 3.22. The molecule has 10 heteroatoms. The first-order valence-corrected chi connectivity index (χ1v) is 9.31. The zero-order chi connectivity index (χ0) is 21.3. The molecule has 0 radical (unpaired) electrons. The number of nitrogens with one attached hydrogen (secondary N) is 2. The predicted octanol–water partition coefficient (Wildman–Crippen LogP) is 2.38. The molecule has 2 aromatic carbocycles. The van der Waals surface area contributed by atoms with Crippen LogP contribution in [0.5, 0.6) is 11.5 Å². The van der Waals surface area contributed by atoms with E-state index in [-0.39, 0.29) is 32.1 Å². The van der Waals surface area contributed by atoms with Gasteiger partial charge in [0.25, 0.3) is 11.6 Å². The van der Waals surface area contributed by atoms with Crippen LogP contribution < -0.4 is 20.1 Å². The molecule has 2 aromatic rings. The molecular weight excluding hydrogens is 394 g/mol. The first kappa shape index (κ1) is 20.9. The summed E-state index contributed by atoms with van der Waals surface area (Å²) < 4.78 is 15.4. The van der Waals surface area contributed by atoms with Gasteiger partial charge in [-0.05, 0) is 30.2 Å². The third-order valence-corrected chi connectivity index (χ3v) is 4.26. The van der Waals surface area contributed by atoms with Crippen LogP contribution in [0.15, 0.2) is 42.5 Å². The number of nitro groups is 1. The number of hydrogen-bond acceptors (Lipinski definition) is 8. The lowest BCUT2D eigenvalue weighted by Crippen LogP contribution is -2.28. The smallest absolute Gasteiger partial charge is 0.306 e. The Labute approximate surface area is 172 Å². The molecule has 0 aromatic heterocycles. The van der Waals surface area contributed by atoms with Crippen molar-refractivity contribution in [2.45, 2.75) is 19.4 Å². The number of nitrogens with zero attached hydrogens (tertiary/aromatic N) is 1. The molecule has 1 heterocycles. The molecule has 10 nitrogen and oxygen atoms in total. The van der Waals surface area contributed by atoms with E-state index in [1.54, 1.807) is 30.3 Å².